The molecule has 1 fully saturated rings. The first-order valence-electron chi connectivity index (χ1n) is 8.55. The normalized spacial score (nSPS) is 19.1. The Morgan fingerprint density at radius 1 is 1.39 bits per heavy atom. The van der Waals surface area contributed by atoms with E-state index in [2.05, 4.69) is 47.8 Å². The molecule has 5 heteroatoms. The van der Waals surface area contributed by atoms with E-state index in [1.165, 1.54) is 0 Å². The summed E-state index contributed by atoms with van der Waals surface area (Å²) in [5, 5.41) is 0.181. The van der Waals surface area contributed by atoms with Crippen molar-refractivity contribution in [1.82, 2.24) is 4.90 Å². The van der Waals surface area contributed by atoms with Crippen molar-refractivity contribution in [2.45, 2.75) is 64.2 Å². The van der Waals surface area contributed by atoms with Crippen LogP contribution in [-0.4, -0.2) is 45.1 Å². The number of ether oxygens (including phenoxy) is 1. The van der Waals surface area contributed by atoms with Crippen molar-refractivity contribution < 1.29 is 14.0 Å². The van der Waals surface area contributed by atoms with Crippen LogP contribution in [0.4, 0.5) is 4.79 Å². The Morgan fingerprint density at radius 3 is 2.48 bits per heavy atom. The van der Waals surface area contributed by atoms with Gasteiger partial charge in [-0.3, -0.25) is 4.90 Å². The second kappa shape index (κ2) is 8.15. The molecule has 23 heavy (non-hydrogen) atoms. The molecule has 1 amide bonds. The standard InChI is InChI=1S/C18H33NO3Si/c1-8-11-21-17(20)19-13-15(4)12-16(19)14-22-23(9-2,10-3)18(5,6)7/h8,16H,1,4,9-14H2,2-3,5-7H3. The molecule has 4 nitrogen and oxygen atoms in total. The van der Waals surface area contributed by atoms with E-state index in [4.69, 9.17) is 9.16 Å². The Kier molecular flexibility index (Phi) is 7.08. The Morgan fingerprint density at radius 2 is 2.00 bits per heavy atom. The van der Waals surface area contributed by atoms with Gasteiger partial charge in [0.05, 0.1) is 12.6 Å². The maximum Gasteiger partial charge on any atom is 0.410 e. The van der Waals surface area contributed by atoms with Crippen molar-refractivity contribution >= 4 is 14.4 Å². The molecule has 1 atom stereocenters. The van der Waals surface area contributed by atoms with Gasteiger partial charge >= 0.3 is 6.09 Å². The van der Waals surface area contributed by atoms with Gasteiger partial charge < -0.3 is 9.16 Å². The van der Waals surface area contributed by atoms with Crippen LogP contribution in [0.25, 0.3) is 0 Å². The van der Waals surface area contributed by atoms with Gasteiger partial charge in [0.25, 0.3) is 0 Å². The lowest BCUT2D eigenvalue weighted by Gasteiger charge is -2.42. The zero-order valence-corrected chi connectivity index (χ0v) is 16.5. The monoisotopic (exact) mass is 339 g/mol. The van der Waals surface area contributed by atoms with E-state index in [0.717, 1.165) is 24.1 Å². The Bertz CT molecular complexity index is 438. The van der Waals surface area contributed by atoms with Crippen LogP contribution in [0, 0.1) is 0 Å². The van der Waals surface area contributed by atoms with Crippen LogP contribution in [0.15, 0.2) is 24.8 Å². The minimum absolute atomic E-state index is 0.0344. The third-order valence-electron chi connectivity index (χ3n) is 4.98. The molecule has 132 valence electrons. The molecular weight excluding hydrogens is 306 g/mol. The summed E-state index contributed by atoms with van der Waals surface area (Å²) in [6.07, 6.45) is 2.08. The molecule has 0 saturated carbocycles. The number of carbonyl (C=O) groups excluding carboxylic acids is 1. The summed E-state index contributed by atoms with van der Waals surface area (Å²) in [6.45, 7) is 20.3. The maximum atomic E-state index is 12.2. The predicted octanol–water partition coefficient (Wildman–Crippen LogP) is 4.74. The lowest BCUT2D eigenvalue weighted by molar-refractivity contribution is 0.0938. The molecule has 0 N–H and O–H groups in total. The minimum atomic E-state index is -1.85. The molecule has 0 aromatic rings. The van der Waals surface area contributed by atoms with Crippen molar-refractivity contribution in [1.29, 1.82) is 0 Å². The summed E-state index contributed by atoms with van der Waals surface area (Å²) in [6, 6.07) is 2.20. The van der Waals surface area contributed by atoms with E-state index in [9.17, 15) is 4.79 Å². The highest BCUT2D eigenvalue weighted by Crippen LogP contribution is 2.42. The minimum Gasteiger partial charge on any atom is -0.445 e. The molecule has 0 aromatic carbocycles. The van der Waals surface area contributed by atoms with Crippen LogP contribution in [0.3, 0.4) is 0 Å². The van der Waals surface area contributed by atoms with E-state index < -0.39 is 8.32 Å². The molecule has 0 spiro atoms. The van der Waals surface area contributed by atoms with Crippen LogP contribution in [0.1, 0.15) is 41.0 Å². The van der Waals surface area contributed by atoms with Crippen molar-refractivity contribution in [3.63, 3.8) is 0 Å². The number of hydrogen-bond acceptors (Lipinski definition) is 3. The zero-order chi connectivity index (χ0) is 17.7. The topological polar surface area (TPSA) is 38.8 Å². The molecule has 0 bridgehead atoms. The summed E-state index contributed by atoms with van der Waals surface area (Å²) < 4.78 is 11.7. The highest BCUT2D eigenvalue weighted by Gasteiger charge is 2.44. The Labute approximate surface area is 142 Å². The fourth-order valence-electron chi connectivity index (χ4n) is 3.44. The van der Waals surface area contributed by atoms with Crippen molar-refractivity contribution in [3.8, 4) is 0 Å². The van der Waals surface area contributed by atoms with Gasteiger partial charge in [-0.1, -0.05) is 59.4 Å². The number of amides is 1. The quantitative estimate of drug-likeness (QED) is 0.496. The number of carbonyl (C=O) groups is 1. The average Bonchev–Trinajstić information content (AvgIpc) is 2.86. The molecule has 1 heterocycles. The smallest absolute Gasteiger partial charge is 0.410 e. The molecule has 1 saturated heterocycles. The van der Waals surface area contributed by atoms with Crippen molar-refractivity contribution in [2.24, 2.45) is 0 Å². The molecular formula is C18H33NO3Si. The van der Waals surface area contributed by atoms with E-state index in [1.807, 2.05) is 0 Å². The number of likely N-dealkylation sites (tertiary alicyclic amines) is 1. The van der Waals surface area contributed by atoms with Gasteiger partial charge in [0.1, 0.15) is 6.61 Å². The van der Waals surface area contributed by atoms with Gasteiger partial charge in [0.15, 0.2) is 8.32 Å². The van der Waals surface area contributed by atoms with E-state index in [1.54, 1.807) is 11.0 Å². The number of nitrogens with zero attached hydrogens (tertiary/aromatic N) is 1. The zero-order valence-electron chi connectivity index (χ0n) is 15.5. The molecule has 1 unspecified atom stereocenters. The number of hydrogen-bond donors (Lipinski definition) is 0. The predicted molar refractivity (Wildman–Crippen MR) is 98.2 cm³/mol. The molecule has 1 aliphatic rings. The van der Waals surface area contributed by atoms with Gasteiger partial charge in [-0.25, -0.2) is 4.79 Å². The van der Waals surface area contributed by atoms with Crippen LogP contribution < -0.4 is 0 Å². The summed E-state index contributed by atoms with van der Waals surface area (Å²) in [4.78, 5) is 13.9. The first kappa shape index (κ1) is 20.0. The Balaban J connectivity index is 2.78. The lowest BCUT2D eigenvalue weighted by Crippen LogP contribution is -2.49. The molecule has 0 radical (unpaired) electrons. The molecule has 1 rings (SSSR count). The van der Waals surface area contributed by atoms with Gasteiger partial charge in [0.2, 0.25) is 0 Å². The van der Waals surface area contributed by atoms with Crippen LogP contribution in [0.2, 0.25) is 17.1 Å². The summed E-state index contributed by atoms with van der Waals surface area (Å²) in [5.74, 6) is 0. The van der Waals surface area contributed by atoms with Crippen molar-refractivity contribution in [3.05, 3.63) is 24.8 Å². The Hall–Kier alpha value is -1.07. The van der Waals surface area contributed by atoms with E-state index in [0.29, 0.717) is 13.2 Å². The fraction of sp³-hybridized carbons (Fsp3) is 0.722. The summed E-state index contributed by atoms with van der Waals surface area (Å²) in [5.41, 5.74) is 1.06. The molecule has 1 aliphatic heterocycles. The SMILES string of the molecule is C=CCOC(=O)N1CC(=C)CC1CO[Si](CC)(CC)C(C)(C)C. The van der Waals surface area contributed by atoms with Gasteiger partial charge in [0, 0.05) is 6.54 Å². The first-order chi connectivity index (χ1) is 10.7. The first-order valence-corrected chi connectivity index (χ1v) is 10.9. The van der Waals surface area contributed by atoms with Crippen molar-refractivity contribution in [2.75, 3.05) is 19.8 Å². The lowest BCUT2D eigenvalue weighted by atomic mass is 10.2. The van der Waals surface area contributed by atoms with Crippen LogP contribution in [-0.2, 0) is 9.16 Å². The number of rotatable bonds is 7. The van der Waals surface area contributed by atoms with Gasteiger partial charge in [-0.2, -0.15) is 0 Å². The summed E-state index contributed by atoms with van der Waals surface area (Å²) >= 11 is 0. The second-order valence-electron chi connectivity index (χ2n) is 7.36. The highest BCUT2D eigenvalue weighted by molar-refractivity contribution is 6.76. The third kappa shape index (κ3) is 4.70. The third-order valence-corrected chi connectivity index (χ3v) is 10.7. The van der Waals surface area contributed by atoms with E-state index >= 15 is 0 Å². The van der Waals surface area contributed by atoms with Gasteiger partial charge in [-0.05, 0) is 23.5 Å². The fourth-order valence-corrected chi connectivity index (χ4v) is 7.41. The maximum absolute atomic E-state index is 12.2. The van der Waals surface area contributed by atoms with Crippen LogP contribution >= 0.6 is 0 Å². The largest absolute Gasteiger partial charge is 0.445 e. The second-order valence-corrected chi connectivity index (χ2v) is 12.6. The molecule has 0 aromatic heterocycles. The molecule has 0 aliphatic carbocycles. The van der Waals surface area contributed by atoms with Crippen LogP contribution in [0.5, 0.6) is 0 Å². The average molecular weight is 340 g/mol. The van der Waals surface area contributed by atoms with Gasteiger partial charge in [-0.15, -0.1) is 0 Å². The van der Waals surface area contributed by atoms with E-state index in [-0.39, 0.29) is 23.8 Å². The highest BCUT2D eigenvalue weighted by atomic mass is 28.4. The summed E-state index contributed by atoms with van der Waals surface area (Å²) in [7, 11) is -1.85.